The van der Waals surface area contributed by atoms with Gasteiger partial charge >= 0.3 is 0 Å². The second-order valence-electron chi connectivity index (χ2n) is 7.46. The molecule has 2 aromatic carbocycles. The third kappa shape index (κ3) is 4.84. The van der Waals surface area contributed by atoms with Crippen LogP contribution in [0, 0.1) is 20.8 Å². The molecule has 1 heterocycles. The normalized spacial score (nSPS) is 11.9. The Balaban J connectivity index is 1.68. The summed E-state index contributed by atoms with van der Waals surface area (Å²) in [6.45, 7) is 7.16. The van der Waals surface area contributed by atoms with Crippen LogP contribution in [0.4, 0.5) is 5.69 Å². The highest BCUT2D eigenvalue weighted by Crippen LogP contribution is 2.25. The average Bonchev–Trinajstić information content (AvgIpc) is 2.97. The van der Waals surface area contributed by atoms with Gasteiger partial charge in [0.2, 0.25) is 0 Å². The number of para-hydroxylation sites is 1. The first kappa shape index (κ1) is 20.6. The van der Waals surface area contributed by atoms with Crippen molar-refractivity contribution in [2.45, 2.75) is 27.3 Å². The maximum atomic E-state index is 12.6. The van der Waals surface area contributed by atoms with E-state index in [-0.39, 0.29) is 5.91 Å². The Labute approximate surface area is 172 Å². The van der Waals surface area contributed by atoms with Crippen molar-refractivity contribution >= 4 is 11.6 Å². The Morgan fingerprint density at radius 2 is 1.86 bits per heavy atom. The van der Waals surface area contributed by atoms with E-state index in [1.54, 1.807) is 7.11 Å². The molecule has 0 fully saturated rings. The van der Waals surface area contributed by atoms with Gasteiger partial charge in [-0.2, -0.15) is 5.10 Å². The summed E-state index contributed by atoms with van der Waals surface area (Å²) < 4.78 is 7.31. The molecule has 0 spiro atoms. The van der Waals surface area contributed by atoms with Crippen LogP contribution in [0.3, 0.4) is 0 Å². The van der Waals surface area contributed by atoms with Crippen LogP contribution in [0.5, 0.6) is 5.75 Å². The maximum absolute atomic E-state index is 12.6. The van der Waals surface area contributed by atoms with Gasteiger partial charge < -0.3 is 15.0 Å². The van der Waals surface area contributed by atoms with Crippen molar-refractivity contribution in [1.82, 2.24) is 9.78 Å². The molecule has 0 saturated carbocycles. The fourth-order valence-electron chi connectivity index (χ4n) is 3.50. The number of amides is 1. The van der Waals surface area contributed by atoms with Crippen molar-refractivity contribution in [1.29, 1.82) is 0 Å². The molecular formula is C23H29N4O2+. The summed E-state index contributed by atoms with van der Waals surface area (Å²) in [5, 5.41) is 7.67. The number of nitrogens with zero attached hydrogens (tertiary/aromatic N) is 2. The number of aromatic nitrogens is 2. The van der Waals surface area contributed by atoms with Crippen LogP contribution in [0.2, 0.25) is 0 Å². The second kappa shape index (κ2) is 8.92. The van der Waals surface area contributed by atoms with E-state index in [1.807, 2.05) is 74.1 Å². The molecule has 0 radical (unpaired) electrons. The van der Waals surface area contributed by atoms with Crippen molar-refractivity contribution in [3.05, 3.63) is 71.0 Å². The van der Waals surface area contributed by atoms with Gasteiger partial charge in [0.25, 0.3) is 5.91 Å². The van der Waals surface area contributed by atoms with Crippen LogP contribution < -0.4 is 15.0 Å². The number of anilines is 1. The lowest BCUT2D eigenvalue weighted by atomic mass is 10.2. The lowest BCUT2D eigenvalue weighted by molar-refractivity contribution is -0.885. The largest absolute Gasteiger partial charge is 0.495 e. The van der Waals surface area contributed by atoms with Crippen molar-refractivity contribution in [2.24, 2.45) is 0 Å². The van der Waals surface area contributed by atoms with E-state index in [0.29, 0.717) is 18.0 Å². The zero-order chi connectivity index (χ0) is 21.0. The summed E-state index contributed by atoms with van der Waals surface area (Å²) >= 11 is 0. The van der Waals surface area contributed by atoms with Gasteiger partial charge in [0.1, 0.15) is 12.3 Å². The third-order valence-electron chi connectivity index (χ3n) is 5.01. The smallest absolute Gasteiger partial charge is 0.279 e. The van der Waals surface area contributed by atoms with Gasteiger partial charge in [-0.3, -0.25) is 4.79 Å². The molecule has 1 atom stereocenters. The molecule has 1 aromatic heterocycles. The summed E-state index contributed by atoms with van der Waals surface area (Å²) in [6.07, 6.45) is 0. The minimum absolute atomic E-state index is 0.0443. The van der Waals surface area contributed by atoms with Crippen LogP contribution in [0.25, 0.3) is 5.69 Å². The molecule has 6 nitrogen and oxygen atoms in total. The highest BCUT2D eigenvalue weighted by atomic mass is 16.5. The standard InChI is InChI=1S/C23H28N4O2/c1-16-11-12-22(29-5)21(13-16)24-23(28)15-26(4)14-20-17(2)25-27(18(20)3)19-9-7-6-8-10-19/h6-13H,14-15H2,1-5H3,(H,24,28)/p+1. The average molecular weight is 394 g/mol. The molecule has 152 valence electrons. The van der Waals surface area contributed by atoms with Gasteiger partial charge in [0.15, 0.2) is 6.54 Å². The fraction of sp³-hybridized carbons (Fsp3) is 0.304. The van der Waals surface area contributed by atoms with E-state index in [2.05, 4.69) is 12.2 Å². The highest BCUT2D eigenvalue weighted by Gasteiger charge is 2.19. The summed E-state index contributed by atoms with van der Waals surface area (Å²) in [5.74, 6) is 0.620. The van der Waals surface area contributed by atoms with Crippen LogP contribution >= 0.6 is 0 Å². The minimum Gasteiger partial charge on any atom is -0.495 e. The lowest BCUT2D eigenvalue weighted by Gasteiger charge is -2.15. The van der Waals surface area contributed by atoms with Gasteiger partial charge in [0.05, 0.1) is 42.5 Å². The Hall–Kier alpha value is -3.12. The Kier molecular flexibility index (Phi) is 6.34. The predicted molar refractivity (Wildman–Crippen MR) is 115 cm³/mol. The van der Waals surface area contributed by atoms with E-state index in [4.69, 9.17) is 9.84 Å². The zero-order valence-electron chi connectivity index (χ0n) is 17.7. The maximum Gasteiger partial charge on any atom is 0.279 e. The van der Waals surface area contributed by atoms with Crippen molar-refractivity contribution in [3.63, 3.8) is 0 Å². The Morgan fingerprint density at radius 3 is 2.55 bits per heavy atom. The van der Waals surface area contributed by atoms with E-state index in [9.17, 15) is 4.79 Å². The molecule has 0 saturated heterocycles. The fourth-order valence-corrected chi connectivity index (χ4v) is 3.50. The molecule has 0 bridgehead atoms. The number of nitrogens with one attached hydrogen (secondary N) is 2. The first-order chi connectivity index (χ1) is 13.9. The summed E-state index contributed by atoms with van der Waals surface area (Å²) in [6, 6.07) is 15.8. The van der Waals surface area contributed by atoms with Crippen LogP contribution in [-0.2, 0) is 11.3 Å². The van der Waals surface area contributed by atoms with E-state index < -0.39 is 0 Å². The van der Waals surface area contributed by atoms with Gasteiger partial charge in [-0.1, -0.05) is 24.3 Å². The number of methoxy groups -OCH3 is 1. The first-order valence-corrected chi connectivity index (χ1v) is 9.75. The molecule has 0 aliphatic rings. The van der Waals surface area contributed by atoms with Crippen LogP contribution in [0.1, 0.15) is 22.5 Å². The monoisotopic (exact) mass is 393 g/mol. The van der Waals surface area contributed by atoms with Crippen molar-refractivity contribution in [3.8, 4) is 11.4 Å². The predicted octanol–water partition coefficient (Wildman–Crippen LogP) is 2.46. The number of hydrogen-bond donors (Lipinski definition) is 2. The number of likely N-dealkylation sites (N-methyl/N-ethyl adjacent to an activating group) is 1. The quantitative estimate of drug-likeness (QED) is 0.648. The van der Waals surface area contributed by atoms with Crippen molar-refractivity contribution < 1.29 is 14.4 Å². The first-order valence-electron chi connectivity index (χ1n) is 9.75. The highest BCUT2D eigenvalue weighted by molar-refractivity contribution is 5.93. The zero-order valence-corrected chi connectivity index (χ0v) is 17.7. The number of benzene rings is 2. The van der Waals surface area contributed by atoms with Gasteiger partial charge in [-0.25, -0.2) is 4.68 Å². The van der Waals surface area contributed by atoms with Gasteiger partial charge in [-0.05, 0) is 50.6 Å². The molecule has 29 heavy (non-hydrogen) atoms. The molecule has 1 amide bonds. The molecule has 1 unspecified atom stereocenters. The molecule has 3 rings (SSSR count). The molecule has 6 heteroatoms. The number of hydrogen-bond acceptors (Lipinski definition) is 3. The minimum atomic E-state index is -0.0443. The van der Waals surface area contributed by atoms with Crippen molar-refractivity contribution in [2.75, 3.05) is 26.0 Å². The van der Waals surface area contributed by atoms with E-state index >= 15 is 0 Å². The van der Waals surface area contributed by atoms with Gasteiger partial charge in [-0.15, -0.1) is 0 Å². The SMILES string of the molecule is COc1ccc(C)cc1NC(=O)C[NH+](C)Cc1c(C)nn(-c2ccccc2)c1C. The topological polar surface area (TPSA) is 60.6 Å². The molecular weight excluding hydrogens is 364 g/mol. The second-order valence-corrected chi connectivity index (χ2v) is 7.46. The summed E-state index contributed by atoms with van der Waals surface area (Å²) in [5.41, 5.74) is 6.09. The molecule has 0 aliphatic carbocycles. The number of quaternary nitrogens is 1. The third-order valence-corrected chi connectivity index (χ3v) is 5.01. The number of carbonyl (C=O) groups excluding carboxylic acids is 1. The van der Waals surface area contributed by atoms with Crippen LogP contribution in [0.15, 0.2) is 48.5 Å². The number of rotatable bonds is 7. The lowest BCUT2D eigenvalue weighted by Crippen LogP contribution is -3.08. The van der Waals surface area contributed by atoms with Crippen LogP contribution in [-0.4, -0.2) is 36.4 Å². The Bertz CT molecular complexity index is 996. The molecule has 0 aliphatic heterocycles. The summed E-state index contributed by atoms with van der Waals surface area (Å²) in [4.78, 5) is 13.7. The number of carbonyl (C=O) groups is 1. The van der Waals surface area contributed by atoms with Gasteiger partial charge in [0, 0.05) is 0 Å². The summed E-state index contributed by atoms with van der Waals surface area (Å²) in [7, 11) is 3.62. The molecule has 3 aromatic rings. The molecule has 2 N–H and O–H groups in total. The van der Waals surface area contributed by atoms with E-state index in [1.165, 1.54) is 5.56 Å². The Morgan fingerprint density at radius 1 is 1.14 bits per heavy atom. The number of ether oxygens (including phenoxy) is 1. The number of aryl methyl sites for hydroxylation is 2. The van der Waals surface area contributed by atoms with E-state index in [0.717, 1.165) is 34.1 Å².